The van der Waals surface area contributed by atoms with Gasteiger partial charge >= 0.3 is 5.97 Å². The van der Waals surface area contributed by atoms with E-state index in [0.29, 0.717) is 17.9 Å². The highest BCUT2D eigenvalue weighted by atomic mass is 35.5. The molecule has 1 saturated carbocycles. The molecule has 0 bridgehead atoms. The topological polar surface area (TPSA) is 43.4 Å². The van der Waals surface area contributed by atoms with Crippen LogP contribution in [-0.2, 0) is 11.2 Å². The third-order valence-electron chi connectivity index (χ3n) is 5.08. The Labute approximate surface area is 146 Å². The normalized spacial score (nSPS) is 24.1. The molecule has 5 heteroatoms. The summed E-state index contributed by atoms with van der Waals surface area (Å²) in [5.41, 5.74) is 0.910. The van der Waals surface area contributed by atoms with Crippen LogP contribution in [0.3, 0.4) is 0 Å². The highest BCUT2D eigenvalue weighted by molar-refractivity contribution is 6.45. The van der Waals surface area contributed by atoms with Gasteiger partial charge in [-0.15, -0.1) is 0 Å². The number of halogens is 2. The molecule has 0 saturated heterocycles. The minimum Gasteiger partial charge on any atom is -0.425 e. The Morgan fingerprint density at radius 1 is 1.30 bits per heavy atom. The fourth-order valence-electron chi connectivity index (χ4n) is 4.09. The van der Waals surface area contributed by atoms with Crippen LogP contribution < -0.4 is 4.74 Å². The third-order valence-corrected chi connectivity index (χ3v) is 5.93. The molecule has 3 nitrogen and oxygen atoms in total. The number of hydrogen-bond acceptors (Lipinski definition) is 3. The summed E-state index contributed by atoms with van der Waals surface area (Å²) >= 11 is 12.5. The Kier molecular flexibility index (Phi) is 4.45. The van der Waals surface area contributed by atoms with Crippen molar-refractivity contribution in [1.82, 2.24) is 0 Å². The molecule has 0 amide bonds. The number of rotatable bonds is 3. The zero-order valence-electron chi connectivity index (χ0n) is 13.4. The average molecular weight is 355 g/mol. The van der Waals surface area contributed by atoms with Crippen molar-refractivity contribution in [2.75, 3.05) is 0 Å². The quantitative estimate of drug-likeness (QED) is 0.550. The van der Waals surface area contributed by atoms with Crippen LogP contribution in [-0.4, -0.2) is 11.8 Å². The highest BCUT2D eigenvalue weighted by Crippen LogP contribution is 2.49. The third kappa shape index (κ3) is 3.01. The zero-order chi connectivity index (χ0) is 16.8. The molecule has 23 heavy (non-hydrogen) atoms. The molecule has 0 aliphatic heterocycles. The van der Waals surface area contributed by atoms with Crippen LogP contribution in [0.25, 0.3) is 0 Å². The van der Waals surface area contributed by atoms with E-state index in [0.717, 1.165) is 12.0 Å². The zero-order valence-corrected chi connectivity index (χ0v) is 14.9. The Balaban J connectivity index is 1.95. The lowest BCUT2D eigenvalue weighted by molar-refractivity contribution is -0.131. The number of carbonyl (C=O) groups is 2. The van der Waals surface area contributed by atoms with Crippen LogP contribution in [0.15, 0.2) is 6.07 Å². The van der Waals surface area contributed by atoms with E-state index in [4.69, 9.17) is 27.9 Å². The first kappa shape index (κ1) is 16.8. The number of carbonyl (C=O) groups excluding carboxylic acids is 2. The van der Waals surface area contributed by atoms with Gasteiger partial charge in [-0.25, -0.2) is 0 Å². The fourth-order valence-corrected chi connectivity index (χ4v) is 4.57. The number of hydrogen-bond donors (Lipinski definition) is 0. The van der Waals surface area contributed by atoms with Crippen LogP contribution in [0.1, 0.15) is 61.9 Å². The molecule has 0 spiro atoms. The van der Waals surface area contributed by atoms with Crippen molar-refractivity contribution < 1.29 is 14.3 Å². The Morgan fingerprint density at radius 3 is 2.57 bits per heavy atom. The summed E-state index contributed by atoms with van der Waals surface area (Å²) < 4.78 is 5.12. The van der Waals surface area contributed by atoms with Crippen molar-refractivity contribution in [3.8, 4) is 5.75 Å². The molecular weight excluding hydrogens is 335 g/mol. The molecule has 124 valence electrons. The minimum absolute atomic E-state index is 0.0701. The SMILES string of the molecule is CC(=O)Oc1cc2c(c(Cl)c1Cl)C(=O)C(C)(CC1CCCC1)C2. The van der Waals surface area contributed by atoms with E-state index in [1.54, 1.807) is 6.07 Å². The maximum Gasteiger partial charge on any atom is 0.308 e. The molecular formula is C18H20Cl2O3. The van der Waals surface area contributed by atoms with Gasteiger partial charge in [-0.2, -0.15) is 0 Å². The number of esters is 1. The summed E-state index contributed by atoms with van der Waals surface area (Å²) in [6, 6.07) is 1.70. The Bertz CT molecular complexity index is 677. The lowest BCUT2D eigenvalue weighted by Gasteiger charge is -2.25. The van der Waals surface area contributed by atoms with Crippen molar-refractivity contribution in [3.05, 3.63) is 27.2 Å². The molecule has 1 aromatic rings. The first-order valence-electron chi connectivity index (χ1n) is 8.06. The predicted molar refractivity (Wildman–Crippen MR) is 90.5 cm³/mol. The van der Waals surface area contributed by atoms with Crippen molar-refractivity contribution >= 4 is 35.0 Å². The van der Waals surface area contributed by atoms with Crippen molar-refractivity contribution in [2.24, 2.45) is 11.3 Å². The van der Waals surface area contributed by atoms with Gasteiger partial charge < -0.3 is 4.74 Å². The van der Waals surface area contributed by atoms with E-state index >= 15 is 0 Å². The van der Waals surface area contributed by atoms with Crippen LogP contribution >= 0.6 is 23.2 Å². The van der Waals surface area contributed by atoms with Gasteiger partial charge in [0.2, 0.25) is 0 Å². The number of fused-ring (bicyclic) bond motifs is 1. The van der Waals surface area contributed by atoms with Gasteiger partial charge in [0.1, 0.15) is 5.02 Å². The first-order chi connectivity index (χ1) is 10.8. The second-order valence-corrected chi connectivity index (χ2v) is 7.81. The van der Waals surface area contributed by atoms with Crippen molar-refractivity contribution in [1.29, 1.82) is 0 Å². The molecule has 1 aromatic carbocycles. The second-order valence-electron chi connectivity index (χ2n) is 7.05. The van der Waals surface area contributed by atoms with E-state index in [2.05, 4.69) is 0 Å². The maximum atomic E-state index is 13.0. The number of ether oxygens (including phenoxy) is 1. The molecule has 0 heterocycles. The summed E-state index contributed by atoms with van der Waals surface area (Å²) in [5, 5.41) is 0.347. The largest absolute Gasteiger partial charge is 0.425 e. The maximum absolute atomic E-state index is 13.0. The monoisotopic (exact) mass is 354 g/mol. The molecule has 2 aliphatic rings. The van der Waals surface area contributed by atoms with Crippen molar-refractivity contribution in [3.63, 3.8) is 0 Å². The number of ketones is 1. The van der Waals surface area contributed by atoms with Gasteiger partial charge in [0, 0.05) is 17.9 Å². The van der Waals surface area contributed by atoms with Gasteiger partial charge in [-0.3, -0.25) is 9.59 Å². The van der Waals surface area contributed by atoms with E-state index in [-0.39, 0.29) is 21.6 Å². The van der Waals surface area contributed by atoms with E-state index in [9.17, 15) is 9.59 Å². The Hall–Kier alpha value is -1.06. The molecule has 1 unspecified atom stereocenters. The van der Waals surface area contributed by atoms with E-state index in [1.165, 1.54) is 32.6 Å². The summed E-state index contributed by atoms with van der Waals surface area (Å²) in [6.07, 6.45) is 6.43. The molecule has 0 aromatic heterocycles. The number of benzene rings is 1. The van der Waals surface area contributed by atoms with Gasteiger partial charge in [0.25, 0.3) is 0 Å². The summed E-state index contributed by atoms with van der Waals surface area (Å²) in [4.78, 5) is 24.2. The summed E-state index contributed by atoms with van der Waals surface area (Å²) in [6.45, 7) is 3.33. The van der Waals surface area contributed by atoms with Crippen LogP contribution in [0.2, 0.25) is 10.0 Å². The fraction of sp³-hybridized carbons (Fsp3) is 0.556. The number of Topliss-reactive ketones (excluding diaryl/α,β-unsaturated/α-hetero) is 1. The highest BCUT2D eigenvalue weighted by Gasteiger charge is 2.45. The molecule has 0 radical (unpaired) electrons. The molecule has 1 atom stereocenters. The second kappa shape index (κ2) is 6.10. The smallest absolute Gasteiger partial charge is 0.308 e. The van der Waals surface area contributed by atoms with Gasteiger partial charge in [0.05, 0.1) is 5.02 Å². The van der Waals surface area contributed by atoms with Crippen LogP contribution in [0.4, 0.5) is 0 Å². The van der Waals surface area contributed by atoms with E-state index in [1.807, 2.05) is 6.92 Å². The predicted octanol–water partition coefficient (Wildman–Crippen LogP) is 5.24. The van der Waals surface area contributed by atoms with Crippen molar-refractivity contribution in [2.45, 2.75) is 52.4 Å². The molecule has 3 rings (SSSR count). The van der Waals surface area contributed by atoms with Crippen LogP contribution in [0, 0.1) is 11.3 Å². The van der Waals surface area contributed by atoms with Gasteiger partial charge in [-0.1, -0.05) is 55.8 Å². The average Bonchev–Trinajstić information content (AvgIpc) is 3.03. The lowest BCUT2D eigenvalue weighted by Crippen LogP contribution is -2.26. The lowest BCUT2D eigenvalue weighted by atomic mass is 9.77. The standard InChI is InChI=1S/C18H20Cl2O3/c1-10(21)23-13-7-12-9-18(2,8-11-5-3-4-6-11)17(22)14(12)16(20)15(13)19/h7,11H,3-6,8-9H2,1-2H3. The van der Waals surface area contributed by atoms with Gasteiger partial charge in [0.15, 0.2) is 11.5 Å². The first-order valence-corrected chi connectivity index (χ1v) is 8.81. The minimum atomic E-state index is -0.457. The molecule has 0 N–H and O–H groups in total. The van der Waals surface area contributed by atoms with Crippen LogP contribution in [0.5, 0.6) is 5.75 Å². The molecule has 1 fully saturated rings. The summed E-state index contributed by atoms with van der Waals surface area (Å²) in [5.74, 6) is 0.461. The van der Waals surface area contributed by atoms with E-state index < -0.39 is 11.4 Å². The Morgan fingerprint density at radius 2 is 1.96 bits per heavy atom. The van der Waals surface area contributed by atoms with Gasteiger partial charge in [-0.05, 0) is 30.4 Å². The summed E-state index contributed by atoms with van der Waals surface area (Å²) in [7, 11) is 0. The molecule has 2 aliphatic carbocycles.